The summed E-state index contributed by atoms with van der Waals surface area (Å²) in [7, 11) is 1.45. The van der Waals surface area contributed by atoms with Crippen molar-refractivity contribution in [3.05, 3.63) is 41.5 Å². The minimum Gasteiger partial charge on any atom is -0.508 e. The number of phenols is 1. The van der Waals surface area contributed by atoms with Crippen LogP contribution in [0.4, 0.5) is 14.6 Å². The van der Waals surface area contributed by atoms with Crippen LogP contribution in [0.15, 0.2) is 24.3 Å². The molecule has 5 heterocycles. The van der Waals surface area contributed by atoms with Crippen molar-refractivity contribution in [2.75, 3.05) is 58.1 Å². The van der Waals surface area contributed by atoms with Gasteiger partial charge in [0.1, 0.15) is 34.0 Å². The zero-order valence-corrected chi connectivity index (χ0v) is 30.8. The van der Waals surface area contributed by atoms with Crippen molar-refractivity contribution in [1.29, 1.82) is 0 Å². The van der Waals surface area contributed by atoms with Gasteiger partial charge in [0.25, 0.3) is 0 Å². The van der Waals surface area contributed by atoms with Gasteiger partial charge in [0.05, 0.1) is 38.1 Å². The number of nitrogens with zero attached hydrogens (tertiary/aromatic N) is 5. The third kappa shape index (κ3) is 5.99. The third-order valence-electron chi connectivity index (χ3n) is 13.0. The number of benzene rings is 2. The number of hydrogen-bond donors (Lipinski definition) is 1. The highest BCUT2D eigenvalue weighted by molar-refractivity contribution is 6.04. The molecular formula is C42H47F2N5O5. The maximum Gasteiger partial charge on any atom is 0.319 e. The number of halogens is 2. The number of ether oxygens (including phenoxy) is 4. The van der Waals surface area contributed by atoms with Crippen LogP contribution in [0.5, 0.6) is 17.6 Å². The Balaban J connectivity index is 1.12. The van der Waals surface area contributed by atoms with Gasteiger partial charge in [-0.05, 0) is 94.3 Å². The number of rotatable bonds is 7. The molecular weight excluding hydrogens is 692 g/mol. The van der Waals surface area contributed by atoms with Crippen LogP contribution in [-0.4, -0.2) is 95.8 Å². The Labute approximate surface area is 314 Å². The van der Waals surface area contributed by atoms with Crippen LogP contribution in [0.2, 0.25) is 0 Å². The summed E-state index contributed by atoms with van der Waals surface area (Å²) in [5, 5.41) is 11.7. The molecule has 3 aliphatic heterocycles. The van der Waals surface area contributed by atoms with Crippen molar-refractivity contribution in [2.45, 2.75) is 88.3 Å². The Kier molecular flexibility index (Phi) is 9.23. The van der Waals surface area contributed by atoms with Gasteiger partial charge in [-0.2, -0.15) is 9.97 Å². The van der Waals surface area contributed by atoms with E-state index in [0.717, 1.165) is 64.5 Å². The highest BCUT2D eigenvalue weighted by Gasteiger charge is 2.52. The van der Waals surface area contributed by atoms with Crippen LogP contribution in [0, 0.1) is 29.4 Å². The van der Waals surface area contributed by atoms with Crippen molar-refractivity contribution in [3.63, 3.8) is 0 Å². The summed E-state index contributed by atoms with van der Waals surface area (Å²) < 4.78 is 56.6. The number of aromatic hydroxyl groups is 1. The predicted octanol–water partition coefficient (Wildman–Crippen LogP) is 7.16. The zero-order valence-electron chi connectivity index (χ0n) is 30.8. The van der Waals surface area contributed by atoms with Gasteiger partial charge in [0, 0.05) is 48.1 Å². The number of methoxy groups -OCH3 is 1. The largest absolute Gasteiger partial charge is 0.508 e. The van der Waals surface area contributed by atoms with Gasteiger partial charge >= 0.3 is 6.01 Å². The summed E-state index contributed by atoms with van der Waals surface area (Å²) >= 11 is 0. The average molecular weight is 740 g/mol. The second kappa shape index (κ2) is 14.1. The van der Waals surface area contributed by atoms with Crippen LogP contribution in [0.1, 0.15) is 76.2 Å². The highest BCUT2D eigenvalue weighted by Crippen LogP contribution is 2.51. The molecule has 9 rings (SSSR count). The Hall–Kier alpha value is -4.31. The molecule has 2 aromatic heterocycles. The average Bonchev–Trinajstić information content (AvgIpc) is 3.43. The van der Waals surface area contributed by atoms with E-state index < -0.39 is 11.6 Å². The summed E-state index contributed by atoms with van der Waals surface area (Å²) in [5.41, 5.74) is -0.0866. The van der Waals surface area contributed by atoms with Crippen molar-refractivity contribution in [3.8, 4) is 41.2 Å². The first-order valence-electron chi connectivity index (χ1n) is 19.5. The lowest BCUT2D eigenvalue weighted by Crippen LogP contribution is -2.58. The number of hydrogen-bond acceptors (Lipinski definition) is 10. The van der Waals surface area contributed by atoms with E-state index in [0.29, 0.717) is 61.6 Å². The van der Waals surface area contributed by atoms with E-state index in [1.807, 2.05) is 4.90 Å². The summed E-state index contributed by atoms with van der Waals surface area (Å²) in [6.07, 6.45) is 17.9. The molecule has 1 N–H and O–H groups in total. The van der Waals surface area contributed by atoms with E-state index in [2.05, 4.69) is 15.8 Å². The fourth-order valence-corrected chi connectivity index (χ4v) is 10.3. The fourth-order valence-electron chi connectivity index (χ4n) is 10.3. The maximum atomic E-state index is 17.3. The van der Waals surface area contributed by atoms with Crippen LogP contribution in [0.3, 0.4) is 0 Å². The smallest absolute Gasteiger partial charge is 0.319 e. The number of likely N-dealkylation sites (tertiary alicyclic amines) is 1. The summed E-state index contributed by atoms with van der Waals surface area (Å²) in [5.74, 6) is 1.37. The maximum absolute atomic E-state index is 17.3. The van der Waals surface area contributed by atoms with Crippen LogP contribution in [-0.2, 0) is 9.47 Å². The van der Waals surface area contributed by atoms with E-state index in [-0.39, 0.29) is 56.4 Å². The van der Waals surface area contributed by atoms with Gasteiger partial charge in [-0.25, -0.2) is 13.8 Å². The standard InChI is InChI=1S/C42H47F2N5O5/c1-3-29-31(43)9-8-26-23-28(50)24-30(33(26)29)36-35(44)37-34(39(45-36)51-2)38(48-17-6-20-52-22-19-48)47-40(46-37)53-25-41-12-4-7-32(41)49(18-5-13-41)27-10-14-42(15-11-27)16-21-54-42/h1,8-9,23-24,27,32,50H,4-7,10-22,25H2,2H3. The Morgan fingerprint density at radius 3 is 2.56 bits per heavy atom. The van der Waals surface area contributed by atoms with Gasteiger partial charge in [-0.15, -0.1) is 6.42 Å². The van der Waals surface area contributed by atoms with E-state index in [4.69, 9.17) is 35.3 Å². The molecule has 2 atom stereocenters. The van der Waals surface area contributed by atoms with Crippen LogP contribution < -0.4 is 14.4 Å². The lowest BCUT2D eigenvalue weighted by Gasteiger charge is -2.53. The van der Waals surface area contributed by atoms with Crippen molar-refractivity contribution in [2.24, 2.45) is 5.41 Å². The highest BCUT2D eigenvalue weighted by atomic mass is 19.1. The van der Waals surface area contributed by atoms with Gasteiger partial charge in [0.15, 0.2) is 5.82 Å². The molecule has 0 amide bonds. The number of piperidine rings is 1. The second-order valence-electron chi connectivity index (χ2n) is 15.9. The Bertz CT molecular complexity index is 2120. The number of aromatic nitrogens is 3. The molecule has 2 aliphatic carbocycles. The van der Waals surface area contributed by atoms with Gasteiger partial charge in [-0.3, -0.25) is 4.90 Å². The van der Waals surface area contributed by atoms with E-state index in [1.54, 1.807) is 0 Å². The normalized spacial score (nSPS) is 27.4. The molecule has 5 aliphatic rings. The first-order valence-corrected chi connectivity index (χ1v) is 19.5. The molecule has 10 nitrogen and oxygen atoms in total. The SMILES string of the molecule is C#Cc1c(F)ccc2cc(O)cc(-c3nc(OC)c4c(N5CCCOCC5)nc(OCC56CCCC5N(C5CCC7(CCO7)CC5)CCC6)nc4c3F)c12. The number of fused-ring (bicyclic) bond motifs is 3. The molecule has 2 saturated carbocycles. The number of anilines is 1. The topological polar surface area (TPSA) is 102 Å². The molecule has 12 heteroatoms. The Morgan fingerprint density at radius 2 is 1.78 bits per heavy atom. The predicted molar refractivity (Wildman–Crippen MR) is 201 cm³/mol. The van der Waals surface area contributed by atoms with Crippen molar-refractivity contribution >= 4 is 27.5 Å². The number of terminal acetylenes is 1. The van der Waals surface area contributed by atoms with E-state index >= 15 is 8.78 Å². The monoisotopic (exact) mass is 739 g/mol. The Morgan fingerprint density at radius 1 is 0.944 bits per heavy atom. The molecule has 2 aromatic carbocycles. The fraction of sp³-hybridized carbons (Fsp3) is 0.548. The molecule has 2 unspecified atom stereocenters. The molecule has 284 valence electrons. The summed E-state index contributed by atoms with van der Waals surface area (Å²) in [4.78, 5) is 19.2. The van der Waals surface area contributed by atoms with Crippen molar-refractivity contribution < 1.29 is 32.8 Å². The minimum absolute atomic E-state index is 0.0442. The molecule has 4 aromatic rings. The molecule has 0 radical (unpaired) electrons. The first-order chi connectivity index (χ1) is 26.3. The van der Waals surface area contributed by atoms with Crippen molar-refractivity contribution in [1.82, 2.24) is 19.9 Å². The van der Waals surface area contributed by atoms with Gasteiger partial charge in [-0.1, -0.05) is 18.4 Å². The first kappa shape index (κ1) is 35.4. The van der Waals surface area contributed by atoms with Crippen LogP contribution >= 0.6 is 0 Å². The molecule has 1 spiro atoms. The van der Waals surface area contributed by atoms with Gasteiger partial charge in [0.2, 0.25) is 5.88 Å². The zero-order chi connectivity index (χ0) is 37.0. The molecule has 0 bridgehead atoms. The quantitative estimate of drug-likeness (QED) is 0.197. The molecule has 5 fully saturated rings. The lowest BCUT2D eigenvalue weighted by atomic mass is 9.72. The molecule has 54 heavy (non-hydrogen) atoms. The van der Waals surface area contributed by atoms with E-state index in [9.17, 15) is 5.11 Å². The lowest BCUT2D eigenvalue weighted by molar-refractivity contribution is -0.175. The number of phenolic OH excluding ortho intramolecular Hbond substituents is 1. The minimum atomic E-state index is -0.782. The summed E-state index contributed by atoms with van der Waals surface area (Å²) in [6, 6.07) is 6.56. The molecule has 3 saturated heterocycles. The van der Waals surface area contributed by atoms with Gasteiger partial charge < -0.3 is 29.0 Å². The number of pyridine rings is 1. The van der Waals surface area contributed by atoms with Crippen LogP contribution in [0.25, 0.3) is 32.9 Å². The van der Waals surface area contributed by atoms with E-state index in [1.165, 1.54) is 50.6 Å². The second-order valence-corrected chi connectivity index (χ2v) is 15.9. The summed E-state index contributed by atoms with van der Waals surface area (Å²) in [6.45, 7) is 4.65. The third-order valence-corrected chi connectivity index (χ3v) is 13.0.